The molecule has 1 amide bonds. The molecule has 0 bridgehead atoms. The SMILES string of the molecule is COc1ccc(C(Cc2ccc(F)cc2)NC(=O)Cn2c(=O)cnc3ccccc32)cc1. The van der Waals surface area contributed by atoms with E-state index < -0.39 is 0 Å². The molecule has 6 nitrogen and oxygen atoms in total. The van der Waals surface area contributed by atoms with Crippen molar-refractivity contribution >= 4 is 16.9 Å². The van der Waals surface area contributed by atoms with Gasteiger partial charge in [0.1, 0.15) is 18.1 Å². The van der Waals surface area contributed by atoms with Crippen molar-refractivity contribution in [3.63, 3.8) is 0 Å². The standard InChI is InChI=1S/C25H22FN3O3/c1-32-20-12-8-18(9-13-20)22(14-17-6-10-19(26)11-7-17)28-24(30)16-29-23-5-3-2-4-21(23)27-15-25(29)31/h2-13,15,22H,14,16H2,1H3,(H,28,30). The Kier molecular flexibility index (Phi) is 6.26. The van der Waals surface area contributed by atoms with Crippen LogP contribution in [0.4, 0.5) is 4.39 Å². The highest BCUT2D eigenvalue weighted by atomic mass is 19.1. The molecule has 4 rings (SSSR count). The quantitative estimate of drug-likeness (QED) is 0.485. The average molecular weight is 431 g/mol. The third-order valence-corrected chi connectivity index (χ3v) is 5.26. The third kappa shape index (κ3) is 4.83. The lowest BCUT2D eigenvalue weighted by molar-refractivity contribution is -0.122. The summed E-state index contributed by atoms with van der Waals surface area (Å²) >= 11 is 0. The van der Waals surface area contributed by atoms with E-state index in [-0.39, 0.29) is 29.9 Å². The maximum absolute atomic E-state index is 13.3. The highest BCUT2D eigenvalue weighted by Crippen LogP contribution is 2.22. The molecule has 1 heterocycles. The van der Waals surface area contributed by atoms with E-state index in [4.69, 9.17) is 4.74 Å². The van der Waals surface area contributed by atoms with Crippen LogP contribution in [0.1, 0.15) is 17.2 Å². The molecule has 4 aromatic rings. The summed E-state index contributed by atoms with van der Waals surface area (Å²) in [4.78, 5) is 29.5. The Balaban J connectivity index is 1.60. The minimum atomic E-state index is -0.373. The van der Waals surface area contributed by atoms with E-state index in [1.165, 1.54) is 22.9 Å². The van der Waals surface area contributed by atoms with Crippen LogP contribution in [0.5, 0.6) is 5.75 Å². The number of methoxy groups -OCH3 is 1. The van der Waals surface area contributed by atoms with Crippen molar-refractivity contribution < 1.29 is 13.9 Å². The largest absolute Gasteiger partial charge is 0.497 e. The van der Waals surface area contributed by atoms with Gasteiger partial charge in [-0.2, -0.15) is 0 Å². The van der Waals surface area contributed by atoms with E-state index in [1.807, 2.05) is 30.3 Å². The number of nitrogens with one attached hydrogen (secondary N) is 1. The predicted molar refractivity (Wildman–Crippen MR) is 120 cm³/mol. The monoisotopic (exact) mass is 431 g/mol. The molecule has 0 saturated heterocycles. The normalized spacial score (nSPS) is 11.8. The van der Waals surface area contributed by atoms with Crippen LogP contribution in [0, 0.1) is 5.82 Å². The number of carbonyl (C=O) groups excluding carboxylic acids is 1. The van der Waals surface area contributed by atoms with Gasteiger partial charge in [0.25, 0.3) is 5.56 Å². The molecular weight excluding hydrogens is 409 g/mol. The third-order valence-electron chi connectivity index (χ3n) is 5.26. The highest BCUT2D eigenvalue weighted by Gasteiger charge is 2.17. The lowest BCUT2D eigenvalue weighted by Gasteiger charge is -2.20. The van der Waals surface area contributed by atoms with Crippen LogP contribution in [-0.2, 0) is 17.8 Å². The van der Waals surface area contributed by atoms with Crippen LogP contribution in [0.25, 0.3) is 11.0 Å². The van der Waals surface area contributed by atoms with Gasteiger partial charge in [-0.25, -0.2) is 9.37 Å². The summed E-state index contributed by atoms with van der Waals surface area (Å²) in [6.07, 6.45) is 1.68. The highest BCUT2D eigenvalue weighted by molar-refractivity contribution is 5.80. The van der Waals surface area contributed by atoms with E-state index in [9.17, 15) is 14.0 Å². The van der Waals surface area contributed by atoms with E-state index in [0.717, 1.165) is 11.1 Å². The van der Waals surface area contributed by atoms with Gasteiger partial charge < -0.3 is 10.1 Å². The predicted octanol–water partition coefficient (Wildman–Crippen LogP) is 3.64. The second-order valence-electron chi connectivity index (χ2n) is 7.40. The molecule has 1 unspecified atom stereocenters. The summed E-state index contributed by atoms with van der Waals surface area (Å²) < 4.78 is 20.0. The van der Waals surface area contributed by atoms with Gasteiger partial charge in [0.15, 0.2) is 0 Å². The number of ether oxygens (including phenoxy) is 1. The molecular formula is C25H22FN3O3. The molecule has 0 aliphatic heterocycles. The summed E-state index contributed by atoms with van der Waals surface area (Å²) in [5, 5.41) is 3.02. The number of carbonyl (C=O) groups is 1. The Hall–Kier alpha value is -4.00. The van der Waals surface area contributed by atoms with Crippen molar-refractivity contribution in [1.29, 1.82) is 0 Å². The Morgan fingerprint density at radius 3 is 2.50 bits per heavy atom. The summed E-state index contributed by atoms with van der Waals surface area (Å²) in [6, 6.07) is 20.4. The minimum Gasteiger partial charge on any atom is -0.497 e. The zero-order chi connectivity index (χ0) is 22.5. The lowest BCUT2D eigenvalue weighted by atomic mass is 9.98. The van der Waals surface area contributed by atoms with E-state index in [0.29, 0.717) is 23.2 Å². The zero-order valence-corrected chi connectivity index (χ0v) is 17.5. The Morgan fingerprint density at radius 2 is 1.78 bits per heavy atom. The van der Waals surface area contributed by atoms with Gasteiger partial charge in [-0.3, -0.25) is 14.2 Å². The van der Waals surface area contributed by atoms with Crippen molar-refractivity contribution in [2.75, 3.05) is 7.11 Å². The molecule has 1 atom stereocenters. The van der Waals surface area contributed by atoms with E-state index >= 15 is 0 Å². The summed E-state index contributed by atoms with van der Waals surface area (Å²) in [5.74, 6) is 0.0736. The van der Waals surface area contributed by atoms with Crippen molar-refractivity contribution in [3.05, 3.63) is 106 Å². The number of hydrogen-bond donors (Lipinski definition) is 1. The van der Waals surface area contributed by atoms with Crippen molar-refractivity contribution in [1.82, 2.24) is 14.9 Å². The van der Waals surface area contributed by atoms with Crippen LogP contribution in [0.2, 0.25) is 0 Å². The molecule has 162 valence electrons. The maximum Gasteiger partial charge on any atom is 0.269 e. The van der Waals surface area contributed by atoms with Crippen molar-refractivity contribution in [3.8, 4) is 5.75 Å². The number of para-hydroxylation sites is 2. The minimum absolute atomic E-state index is 0.141. The van der Waals surface area contributed by atoms with E-state index in [2.05, 4.69) is 10.3 Å². The summed E-state index contributed by atoms with van der Waals surface area (Å²) in [7, 11) is 1.59. The topological polar surface area (TPSA) is 73.2 Å². The smallest absolute Gasteiger partial charge is 0.269 e. The number of benzene rings is 3. The Labute approximate surface area is 184 Å². The summed E-state index contributed by atoms with van der Waals surface area (Å²) in [6.45, 7) is -0.141. The summed E-state index contributed by atoms with van der Waals surface area (Å²) in [5.41, 5.74) is 2.63. The van der Waals surface area contributed by atoms with Crippen LogP contribution < -0.4 is 15.6 Å². The number of rotatable bonds is 7. The lowest BCUT2D eigenvalue weighted by Crippen LogP contribution is -2.35. The molecule has 0 aliphatic carbocycles. The van der Waals surface area contributed by atoms with Gasteiger partial charge in [-0.15, -0.1) is 0 Å². The van der Waals surface area contributed by atoms with Crippen LogP contribution in [0.3, 0.4) is 0 Å². The first-order valence-corrected chi connectivity index (χ1v) is 10.2. The average Bonchev–Trinajstić information content (AvgIpc) is 2.82. The fraction of sp³-hybridized carbons (Fsp3) is 0.160. The molecule has 0 fully saturated rings. The van der Waals surface area contributed by atoms with Crippen LogP contribution >= 0.6 is 0 Å². The molecule has 1 N–H and O–H groups in total. The number of nitrogens with zero attached hydrogens (tertiary/aromatic N) is 2. The van der Waals surface area contributed by atoms with Gasteiger partial charge in [-0.1, -0.05) is 36.4 Å². The van der Waals surface area contributed by atoms with Gasteiger partial charge in [0, 0.05) is 0 Å². The molecule has 1 aromatic heterocycles. The first kappa shape index (κ1) is 21.2. The molecule has 0 aliphatic rings. The fourth-order valence-corrected chi connectivity index (χ4v) is 3.61. The molecule has 7 heteroatoms. The number of hydrogen-bond acceptors (Lipinski definition) is 4. The molecule has 0 radical (unpaired) electrons. The van der Waals surface area contributed by atoms with Gasteiger partial charge in [0.05, 0.1) is 30.4 Å². The van der Waals surface area contributed by atoms with E-state index in [1.54, 1.807) is 37.4 Å². The number of fused-ring (bicyclic) bond motifs is 1. The number of amides is 1. The molecule has 0 saturated carbocycles. The fourth-order valence-electron chi connectivity index (χ4n) is 3.61. The first-order chi connectivity index (χ1) is 15.5. The maximum atomic E-state index is 13.3. The Morgan fingerprint density at radius 1 is 1.06 bits per heavy atom. The van der Waals surface area contributed by atoms with Gasteiger partial charge in [0.2, 0.25) is 5.91 Å². The van der Waals surface area contributed by atoms with Gasteiger partial charge in [-0.05, 0) is 53.9 Å². The molecule has 32 heavy (non-hydrogen) atoms. The second kappa shape index (κ2) is 9.43. The molecule has 3 aromatic carbocycles. The Bertz CT molecular complexity index is 1280. The van der Waals surface area contributed by atoms with Crippen molar-refractivity contribution in [2.24, 2.45) is 0 Å². The molecule has 0 spiro atoms. The zero-order valence-electron chi connectivity index (χ0n) is 17.5. The number of aromatic nitrogens is 2. The van der Waals surface area contributed by atoms with Crippen LogP contribution in [0.15, 0.2) is 83.8 Å². The van der Waals surface area contributed by atoms with Gasteiger partial charge >= 0.3 is 0 Å². The van der Waals surface area contributed by atoms with Crippen molar-refractivity contribution in [2.45, 2.75) is 19.0 Å². The number of halogens is 1. The van der Waals surface area contributed by atoms with Crippen LogP contribution in [-0.4, -0.2) is 22.6 Å². The second-order valence-corrected chi connectivity index (χ2v) is 7.40. The first-order valence-electron chi connectivity index (χ1n) is 10.2.